The van der Waals surface area contributed by atoms with Crippen LogP contribution in [0.25, 0.3) is 0 Å². The molecule has 1 aromatic heterocycles. The zero-order valence-corrected chi connectivity index (χ0v) is 14.1. The molecular weight excluding hydrogens is 369 g/mol. The highest BCUT2D eigenvalue weighted by Gasteiger charge is 2.16. The first-order valence-corrected chi connectivity index (χ1v) is 7.63. The van der Waals surface area contributed by atoms with E-state index in [2.05, 4.69) is 26.3 Å². The molecule has 122 valence electrons. The number of halogens is 2. The molecule has 1 aromatic carbocycles. The maximum absolute atomic E-state index is 13.6. The average molecular weight is 384 g/mol. The summed E-state index contributed by atoms with van der Waals surface area (Å²) in [7, 11) is 0. The normalized spacial score (nSPS) is 10.7. The van der Waals surface area contributed by atoms with Crippen molar-refractivity contribution in [3.63, 3.8) is 0 Å². The fourth-order valence-electron chi connectivity index (χ4n) is 1.87. The zero-order valence-electron chi connectivity index (χ0n) is 12.5. The minimum absolute atomic E-state index is 0.0692. The van der Waals surface area contributed by atoms with Gasteiger partial charge in [-0.15, -0.1) is 0 Å². The second-order valence-electron chi connectivity index (χ2n) is 5.00. The Kier molecular flexibility index (Phi) is 5.49. The summed E-state index contributed by atoms with van der Waals surface area (Å²) in [5.74, 6) is -1.65. The summed E-state index contributed by atoms with van der Waals surface area (Å²) in [5.41, 5.74) is -0.228. The lowest BCUT2D eigenvalue weighted by molar-refractivity contribution is -0.119. The molecule has 0 saturated carbocycles. The van der Waals surface area contributed by atoms with E-state index < -0.39 is 24.3 Å². The van der Waals surface area contributed by atoms with Gasteiger partial charge in [-0.3, -0.25) is 4.79 Å². The van der Waals surface area contributed by atoms with Gasteiger partial charge in [0.25, 0.3) is 5.91 Å². The Hall–Kier alpha value is -2.22. The Morgan fingerprint density at radius 2 is 2.13 bits per heavy atom. The molecule has 23 heavy (non-hydrogen) atoms. The fraction of sp³-hybridized carbons (Fsp3) is 0.267. The van der Waals surface area contributed by atoms with Crippen molar-refractivity contribution in [2.75, 3.05) is 11.9 Å². The van der Waals surface area contributed by atoms with Crippen LogP contribution >= 0.6 is 15.9 Å². The number of aromatic nitrogens is 2. The third kappa shape index (κ3) is 4.38. The quantitative estimate of drug-likeness (QED) is 0.804. The van der Waals surface area contributed by atoms with Crippen molar-refractivity contribution in [3.05, 3.63) is 46.3 Å². The molecule has 0 aliphatic rings. The number of carbonyl (C=O) groups is 2. The third-order valence-electron chi connectivity index (χ3n) is 2.91. The van der Waals surface area contributed by atoms with Crippen LogP contribution in [0.15, 0.2) is 34.9 Å². The molecule has 1 N–H and O–H groups in total. The molecular formula is C15H15BrFN3O3. The number of esters is 1. The molecule has 0 radical (unpaired) electrons. The van der Waals surface area contributed by atoms with Gasteiger partial charge in [0.15, 0.2) is 6.61 Å². The predicted molar refractivity (Wildman–Crippen MR) is 85.6 cm³/mol. The van der Waals surface area contributed by atoms with Crippen molar-refractivity contribution in [1.29, 1.82) is 0 Å². The molecule has 0 spiro atoms. The number of hydrogen-bond donors (Lipinski definition) is 1. The second-order valence-corrected chi connectivity index (χ2v) is 5.92. The second kappa shape index (κ2) is 7.36. The number of anilines is 1. The van der Waals surface area contributed by atoms with E-state index in [1.165, 1.54) is 12.1 Å². The molecule has 2 aromatic rings. The van der Waals surface area contributed by atoms with Crippen LogP contribution in [-0.4, -0.2) is 28.3 Å². The van der Waals surface area contributed by atoms with E-state index in [1.807, 2.05) is 13.8 Å². The Morgan fingerprint density at radius 1 is 1.39 bits per heavy atom. The van der Waals surface area contributed by atoms with Gasteiger partial charge in [0.1, 0.15) is 11.6 Å². The molecule has 0 fully saturated rings. The van der Waals surface area contributed by atoms with Crippen molar-refractivity contribution >= 4 is 33.6 Å². The number of ether oxygens (including phenoxy) is 1. The van der Waals surface area contributed by atoms with Gasteiger partial charge in [0.05, 0.1) is 11.8 Å². The Bertz CT molecular complexity index is 731. The summed E-state index contributed by atoms with van der Waals surface area (Å²) in [6.07, 6.45) is 1.55. The molecule has 1 amide bonds. The number of amides is 1. The molecule has 0 bridgehead atoms. The molecule has 0 aliphatic heterocycles. The van der Waals surface area contributed by atoms with Crippen LogP contribution in [0.1, 0.15) is 30.2 Å². The van der Waals surface area contributed by atoms with E-state index >= 15 is 0 Å². The topological polar surface area (TPSA) is 73.2 Å². The standard InChI is InChI=1S/C15H15BrFN3O3/c1-9(2)20-13(5-6-18-20)19-14(21)8-23-15(22)11-4-3-10(16)7-12(11)17/h3-7,9H,8H2,1-2H3,(H,19,21). The lowest BCUT2D eigenvalue weighted by Gasteiger charge is -2.12. The number of nitrogens with zero attached hydrogens (tertiary/aromatic N) is 2. The van der Waals surface area contributed by atoms with Crippen LogP contribution in [0.4, 0.5) is 10.2 Å². The number of rotatable bonds is 5. The lowest BCUT2D eigenvalue weighted by Crippen LogP contribution is -2.23. The van der Waals surface area contributed by atoms with Gasteiger partial charge in [-0.2, -0.15) is 5.10 Å². The first-order valence-electron chi connectivity index (χ1n) is 6.84. The van der Waals surface area contributed by atoms with Gasteiger partial charge in [-0.1, -0.05) is 15.9 Å². The summed E-state index contributed by atoms with van der Waals surface area (Å²) in [6, 6.07) is 5.65. The van der Waals surface area contributed by atoms with Crippen LogP contribution in [0.2, 0.25) is 0 Å². The third-order valence-corrected chi connectivity index (χ3v) is 3.41. The summed E-state index contributed by atoms with van der Waals surface area (Å²) in [6.45, 7) is 3.32. The summed E-state index contributed by atoms with van der Waals surface area (Å²) in [5, 5.41) is 6.66. The molecule has 8 heteroatoms. The van der Waals surface area contributed by atoms with Gasteiger partial charge in [0.2, 0.25) is 0 Å². The highest BCUT2D eigenvalue weighted by Crippen LogP contribution is 2.16. The minimum Gasteiger partial charge on any atom is -0.452 e. The number of carbonyl (C=O) groups excluding carboxylic acids is 2. The maximum atomic E-state index is 13.6. The van der Waals surface area contributed by atoms with Crippen molar-refractivity contribution in [2.24, 2.45) is 0 Å². The lowest BCUT2D eigenvalue weighted by atomic mass is 10.2. The van der Waals surface area contributed by atoms with E-state index in [9.17, 15) is 14.0 Å². The highest BCUT2D eigenvalue weighted by molar-refractivity contribution is 9.10. The van der Waals surface area contributed by atoms with E-state index in [0.717, 1.165) is 6.07 Å². The summed E-state index contributed by atoms with van der Waals surface area (Å²) in [4.78, 5) is 23.6. The molecule has 1 heterocycles. The molecule has 2 rings (SSSR count). The van der Waals surface area contributed by atoms with Gasteiger partial charge >= 0.3 is 5.97 Å². The average Bonchev–Trinajstić information content (AvgIpc) is 2.93. The van der Waals surface area contributed by atoms with Gasteiger partial charge < -0.3 is 10.1 Å². The smallest absolute Gasteiger partial charge is 0.341 e. The van der Waals surface area contributed by atoms with Crippen molar-refractivity contribution in [3.8, 4) is 0 Å². The Labute approximate surface area is 140 Å². The largest absolute Gasteiger partial charge is 0.452 e. The number of hydrogen-bond acceptors (Lipinski definition) is 4. The number of nitrogens with one attached hydrogen (secondary N) is 1. The van der Waals surface area contributed by atoms with Crippen molar-refractivity contribution in [1.82, 2.24) is 9.78 Å². The van der Waals surface area contributed by atoms with E-state index in [1.54, 1.807) is 16.9 Å². The summed E-state index contributed by atoms with van der Waals surface area (Å²) < 4.78 is 20.6. The number of benzene rings is 1. The Balaban J connectivity index is 1.93. The Morgan fingerprint density at radius 3 is 2.78 bits per heavy atom. The first kappa shape index (κ1) is 17.1. The van der Waals surface area contributed by atoms with Gasteiger partial charge in [-0.25, -0.2) is 13.9 Å². The highest BCUT2D eigenvalue weighted by atomic mass is 79.9. The fourth-order valence-corrected chi connectivity index (χ4v) is 2.20. The molecule has 0 aliphatic carbocycles. The molecule has 0 saturated heterocycles. The minimum atomic E-state index is -0.900. The van der Waals surface area contributed by atoms with E-state index in [4.69, 9.17) is 4.74 Å². The van der Waals surface area contributed by atoms with Crippen LogP contribution < -0.4 is 5.32 Å². The monoisotopic (exact) mass is 383 g/mol. The maximum Gasteiger partial charge on any atom is 0.341 e. The predicted octanol–water partition coefficient (Wildman–Crippen LogP) is 3.16. The van der Waals surface area contributed by atoms with Crippen LogP contribution in [0, 0.1) is 5.82 Å². The summed E-state index contributed by atoms with van der Waals surface area (Å²) >= 11 is 3.09. The first-order chi connectivity index (χ1) is 10.9. The van der Waals surface area contributed by atoms with Crippen molar-refractivity contribution in [2.45, 2.75) is 19.9 Å². The van der Waals surface area contributed by atoms with E-state index in [0.29, 0.717) is 10.3 Å². The molecule has 0 atom stereocenters. The van der Waals surface area contributed by atoms with Crippen LogP contribution in [-0.2, 0) is 9.53 Å². The molecule has 6 nitrogen and oxygen atoms in total. The van der Waals surface area contributed by atoms with E-state index in [-0.39, 0.29) is 11.6 Å². The molecule has 0 unspecified atom stereocenters. The SMILES string of the molecule is CC(C)n1nccc1NC(=O)COC(=O)c1ccc(Br)cc1F. The zero-order chi connectivity index (χ0) is 17.0. The van der Waals surface area contributed by atoms with Gasteiger partial charge in [-0.05, 0) is 32.0 Å². The van der Waals surface area contributed by atoms with Crippen molar-refractivity contribution < 1.29 is 18.7 Å². The van der Waals surface area contributed by atoms with Crippen LogP contribution in [0.5, 0.6) is 0 Å². The van der Waals surface area contributed by atoms with Crippen LogP contribution in [0.3, 0.4) is 0 Å². The van der Waals surface area contributed by atoms with Gasteiger partial charge in [0, 0.05) is 16.6 Å².